The molecular formula is C11H21NO. The Hall–Kier alpha value is -0.0800. The molecule has 1 aliphatic heterocycles. The van der Waals surface area contributed by atoms with Crippen LogP contribution in [0.5, 0.6) is 0 Å². The average molecular weight is 183 g/mol. The fraction of sp³-hybridized carbons (Fsp3) is 1.00. The average Bonchev–Trinajstić information content (AvgIpc) is 2.56. The Labute approximate surface area is 80.9 Å². The zero-order chi connectivity index (χ0) is 9.47. The molecule has 0 spiro atoms. The molecule has 1 saturated heterocycles. The quantitative estimate of drug-likeness (QED) is 0.668. The lowest BCUT2D eigenvalue weighted by Crippen LogP contribution is -2.39. The van der Waals surface area contributed by atoms with Gasteiger partial charge < -0.3 is 5.11 Å². The molecule has 0 aromatic rings. The van der Waals surface area contributed by atoms with E-state index in [9.17, 15) is 5.11 Å². The van der Waals surface area contributed by atoms with Gasteiger partial charge in [0.15, 0.2) is 0 Å². The topological polar surface area (TPSA) is 23.5 Å². The number of hydrogen-bond donors (Lipinski definition) is 1. The Bertz CT molecular complexity index is 191. The maximum atomic E-state index is 9.78. The maximum absolute atomic E-state index is 9.78. The minimum Gasteiger partial charge on any atom is -0.391 e. The Balaban J connectivity index is 1.95. The van der Waals surface area contributed by atoms with Gasteiger partial charge in [-0.3, -0.25) is 4.90 Å². The standard InChI is InChI=1S/C11H21NO/c1-11(2)6-7-12(8-11)9-4-3-5-10(9)13/h9-10,13H,3-8H2,1-2H3/t9-,10-/m1/s1. The largest absolute Gasteiger partial charge is 0.391 e. The highest BCUT2D eigenvalue weighted by Gasteiger charge is 2.37. The first-order valence-corrected chi connectivity index (χ1v) is 5.51. The van der Waals surface area contributed by atoms with Crippen molar-refractivity contribution in [2.24, 2.45) is 5.41 Å². The van der Waals surface area contributed by atoms with E-state index in [1.54, 1.807) is 0 Å². The molecule has 2 atom stereocenters. The molecule has 0 aromatic carbocycles. The molecule has 0 radical (unpaired) electrons. The summed E-state index contributed by atoms with van der Waals surface area (Å²) in [7, 11) is 0. The summed E-state index contributed by atoms with van der Waals surface area (Å²) in [4.78, 5) is 2.50. The minimum absolute atomic E-state index is 0.0473. The predicted molar refractivity (Wildman–Crippen MR) is 53.6 cm³/mol. The molecule has 1 saturated carbocycles. The van der Waals surface area contributed by atoms with Crippen LogP contribution in [0.25, 0.3) is 0 Å². The van der Waals surface area contributed by atoms with Crippen molar-refractivity contribution in [1.29, 1.82) is 0 Å². The molecule has 2 fully saturated rings. The van der Waals surface area contributed by atoms with E-state index in [1.807, 2.05) is 0 Å². The second kappa shape index (κ2) is 3.25. The van der Waals surface area contributed by atoms with Crippen molar-refractivity contribution in [1.82, 2.24) is 4.90 Å². The Kier molecular flexibility index (Phi) is 2.37. The van der Waals surface area contributed by atoms with E-state index in [-0.39, 0.29) is 6.10 Å². The van der Waals surface area contributed by atoms with Gasteiger partial charge in [-0.1, -0.05) is 13.8 Å². The van der Waals surface area contributed by atoms with Crippen LogP contribution in [-0.2, 0) is 0 Å². The number of nitrogens with zero attached hydrogens (tertiary/aromatic N) is 1. The van der Waals surface area contributed by atoms with Crippen molar-refractivity contribution in [2.45, 2.75) is 51.7 Å². The summed E-state index contributed by atoms with van der Waals surface area (Å²) < 4.78 is 0. The van der Waals surface area contributed by atoms with Crippen molar-refractivity contribution in [3.05, 3.63) is 0 Å². The molecule has 76 valence electrons. The van der Waals surface area contributed by atoms with Crippen LogP contribution < -0.4 is 0 Å². The van der Waals surface area contributed by atoms with Gasteiger partial charge in [0.25, 0.3) is 0 Å². The summed E-state index contributed by atoms with van der Waals surface area (Å²) >= 11 is 0. The van der Waals surface area contributed by atoms with Crippen LogP contribution >= 0.6 is 0 Å². The Morgan fingerprint density at radius 1 is 1.31 bits per heavy atom. The molecule has 2 nitrogen and oxygen atoms in total. The van der Waals surface area contributed by atoms with E-state index < -0.39 is 0 Å². The van der Waals surface area contributed by atoms with Crippen LogP contribution in [0.3, 0.4) is 0 Å². The van der Waals surface area contributed by atoms with Crippen LogP contribution in [0.4, 0.5) is 0 Å². The van der Waals surface area contributed by atoms with E-state index in [2.05, 4.69) is 18.7 Å². The molecular weight excluding hydrogens is 162 g/mol. The second-order valence-corrected chi connectivity index (χ2v) is 5.45. The van der Waals surface area contributed by atoms with Crippen molar-refractivity contribution in [3.8, 4) is 0 Å². The maximum Gasteiger partial charge on any atom is 0.0695 e. The zero-order valence-electron chi connectivity index (χ0n) is 8.79. The molecule has 2 rings (SSSR count). The zero-order valence-corrected chi connectivity index (χ0v) is 8.79. The smallest absolute Gasteiger partial charge is 0.0695 e. The third kappa shape index (κ3) is 1.89. The Morgan fingerprint density at radius 3 is 2.54 bits per heavy atom. The fourth-order valence-corrected chi connectivity index (χ4v) is 2.78. The lowest BCUT2D eigenvalue weighted by molar-refractivity contribution is 0.0797. The van der Waals surface area contributed by atoms with Crippen LogP contribution in [0.2, 0.25) is 0 Å². The highest BCUT2D eigenvalue weighted by Crippen LogP contribution is 2.34. The summed E-state index contributed by atoms with van der Waals surface area (Å²) in [5, 5.41) is 9.78. The summed E-state index contributed by atoms with van der Waals surface area (Å²) in [6.07, 6.45) is 4.67. The van der Waals surface area contributed by atoms with E-state index in [0.29, 0.717) is 11.5 Å². The number of aliphatic hydroxyl groups excluding tert-OH is 1. The molecule has 1 N–H and O–H groups in total. The molecule has 0 aromatic heterocycles. The number of aliphatic hydroxyl groups is 1. The van der Waals surface area contributed by atoms with Crippen molar-refractivity contribution in [3.63, 3.8) is 0 Å². The first kappa shape index (κ1) is 9.47. The summed E-state index contributed by atoms with van der Waals surface area (Å²) in [5.41, 5.74) is 0.475. The third-order valence-corrected chi connectivity index (χ3v) is 3.62. The van der Waals surface area contributed by atoms with Crippen molar-refractivity contribution >= 4 is 0 Å². The van der Waals surface area contributed by atoms with E-state index in [0.717, 1.165) is 6.42 Å². The molecule has 13 heavy (non-hydrogen) atoms. The van der Waals surface area contributed by atoms with Crippen molar-refractivity contribution in [2.75, 3.05) is 13.1 Å². The predicted octanol–water partition coefficient (Wildman–Crippen LogP) is 1.63. The molecule has 2 heteroatoms. The first-order chi connectivity index (χ1) is 6.08. The van der Waals surface area contributed by atoms with E-state index in [4.69, 9.17) is 0 Å². The van der Waals surface area contributed by atoms with Gasteiger partial charge >= 0.3 is 0 Å². The molecule has 0 amide bonds. The third-order valence-electron chi connectivity index (χ3n) is 3.62. The minimum atomic E-state index is -0.0473. The SMILES string of the molecule is CC1(C)CCN([C@@H]2CCC[C@H]2O)C1. The number of hydrogen-bond acceptors (Lipinski definition) is 2. The van der Waals surface area contributed by atoms with Crippen molar-refractivity contribution < 1.29 is 5.11 Å². The molecule has 0 unspecified atom stereocenters. The van der Waals surface area contributed by atoms with Gasteiger partial charge in [0.1, 0.15) is 0 Å². The van der Waals surface area contributed by atoms with Gasteiger partial charge in [-0.05, 0) is 37.6 Å². The molecule has 1 heterocycles. The number of rotatable bonds is 1. The highest BCUT2D eigenvalue weighted by molar-refractivity contribution is 4.92. The van der Waals surface area contributed by atoms with Crippen LogP contribution in [0.15, 0.2) is 0 Å². The van der Waals surface area contributed by atoms with Gasteiger partial charge in [-0.25, -0.2) is 0 Å². The van der Waals surface area contributed by atoms with Gasteiger partial charge in [-0.15, -0.1) is 0 Å². The monoisotopic (exact) mass is 183 g/mol. The normalized spacial score (nSPS) is 39.9. The van der Waals surface area contributed by atoms with E-state index >= 15 is 0 Å². The van der Waals surface area contributed by atoms with Crippen LogP contribution in [-0.4, -0.2) is 35.2 Å². The van der Waals surface area contributed by atoms with E-state index in [1.165, 1.54) is 32.4 Å². The lowest BCUT2D eigenvalue weighted by atomic mass is 9.93. The van der Waals surface area contributed by atoms with Gasteiger partial charge in [0, 0.05) is 12.6 Å². The van der Waals surface area contributed by atoms with Gasteiger partial charge in [0.2, 0.25) is 0 Å². The summed E-state index contributed by atoms with van der Waals surface area (Å²) in [6, 6.07) is 0.474. The van der Waals surface area contributed by atoms with Gasteiger partial charge in [0.05, 0.1) is 6.10 Å². The summed E-state index contributed by atoms with van der Waals surface area (Å²) in [5.74, 6) is 0. The second-order valence-electron chi connectivity index (χ2n) is 5.45. The van der Waals surface area contributed by atoms with Crippen LogP contribution in [0.1, 0.15) is 39.5 Å². The molecule has 2 aliphatic rings. The highest BCUT2D eigenvalue weighted by atomic mass is 16.3. The van der Waals surface area contributed by atoms with Gasteiger partial charge in [-0.2, -0.15) is 0 Å². The summed E-state index contributed by atoms with van der Waals surface area (Å²) in [6.45, 7) is 7.02. The fourth-order valence-electron chi connectivity index (χ4n) is 2.78. The first-order valence-electron chi connectivity index (χ1n) is 5.51. The lowest BCUT2D eigenvalue weighted by Gasteiger charge is -2.28. The Morgan fingerprint density at radius 2 is 2.08 bits per heavy atom. The number of likely N-dealkylation sites (tertiary alicyclic amines) is 1. The molecule has 1 aliphatic carbocycles. The molecule has 0 bridgehead atoms. The van der Waals surface area contributed by atoms with Crippen LogP contribution in [0, 0.1) is 5.41 Å².